The van der Waals surface area contributed by atoms with Gasteiger partial charge in [-0.3, -0.25) is 14.9 Å². The van der Waals surface area contributed by atoms with E-state index < -0.39 is 0 Å². The number of aliphatic hydroxyl groups is 1. The molecule has 1 aliphatic rings. The molecule has 1 aliphatic heterocycles. The highest BCUT2D eigenvalue weighted by molar-refractivity contribution is 6.13. The fourth-order valence-electron chi connectivity index (χ4n) is 1.17. The lowest BCUT2D eigenvalue weighted by atomic mass is 10.1. The predicted molar refractivity (Wildman–Crippen MR) is 46.8 cm³/mol. The smallest absolute Gasteiger partial charge is 0.253 e. The molecule has 2 N–H and O–H groups in total. The lowest BCUT2D eigenvalue weighted by Crippen LogP contribution is -2.19. The van der Waals surface area contributed by atoms with Gasteiger partial charge in [-0.2, -0.15) is 0 Å². The number of hydrogen-bond acceptors (Lipinski definition) is 3. The highest BCUT2D eigenvalue weighted by Gasteiger charge is 2.22. The van der Waals surface area contributed by atoms with Crippen molar-refractivity contribution in [1.29, 1.82) is 0 Å². The van der Waals surface area contributed by atoms with Gasteiger partial charge >= 0.3 is 0 Å². The Morgan fingerprint density at radius 1 is 1.62 bits per heavy atom. The molecular weight excluding hydrogens is 170 g/mol. The predicted octanol–water partition coefficient (Wildman–Crippen LogP) is 0.120. The molecular formula is C9H13NO3. The molecule has 0 radical (unpaired) electrons. The highest BCUT2D eigenvalue weighted by Crippen LogP contribution is 2.11. The molecule has 1 rings (SSSR count). The van der Waals surface area contributed by atoms with E-state index in [1.54, 1.807) is 13.0 Å². The molecule has 72 valence electrons. The molecule has 0 aromatic heterocycles. The molecule has 0 bridgehead atoms. The van der Waals surface area contributed by atoms with Crippen molar-refractivity contribution < 1.29 is 14.7 Å². The van der Waals surface area contributed by atoms with E-state index in [2.05, 4.69) is 5.32 Å². The van der Waals surface area contributed by atoms with Crippen LogP contribution in [0.3, 0.4) is 0 Å². The van der Waals surface area contributed by atoms with Crippen molar-refractivity contribution in [3.05, 3.63) is 11.6 Å². The number of amides is 2. The molecule has 1 fully saturated rings. The van der Waals surface area contributed by atoms with E-state index in [1.165, 1.54) is 0 Å². The van der Waals surface area contributed by atoms with Crippen LogP contribution in [0.4, 0.5) is 0 Å². The van der Waals surface area contributed by atoms with Crippen molar-refractivity contribution in [2.24, 2.45) is 0 Å². The molecule has 0 saturated carbocycles. The minimum absolute atomic E-state index is 0.179. The average Bonchev–Trinajstić information content (AvgIpc) is 2.29. The summed E-state index contributed by atoms with van der Waals surface area (Å²) >= 11 is 0. The Kier molecular flexibility index (Phi) is 3.19. The van der Waals surface area contributed by atoms with Gasteiger partial charge in [0.05, 0.1) is 12.5 Å². The van der Waals surface area contributed by atoms with Gasteiger partial charge in [0.1, 0.15) is 0 Å². The summed E-state index contributed by atoms with van der Waals surface area (Å²) in [5, 5.41) is 11.1. The first-order chi connectivity index (χ1) is 6.09. The van der Waals surface area contributed by atoms with E-state index in [0.717, 1.165) is 0 Å². The molecule has 0 aromatic carbocycles. The lowest BCUT2D eigenvalue weighted by Gasteiger charge is -1.99. The maximum absolute atomic E-state index is 11.0. The van der Waals surface area contributed by atoms with Crippen LogP contribution in [0.2, 0.25) is 0 Å². The average molecular weight is 183 g/mol. The number of carbonyl (C=O) groups is 2. The first-order valence-corrected chi connectivity index (χ1v) is 4.31. The molecule has 4 heteroatoms. The Balaban J connectivity index is 2.43. The van der Waals surface area contributed by atoms with Crippen LogP contribution in [0.5, 0.6) is 0 Å². The van der Waals surface area contributed by atoms with Crippen LogP contribution in [-0.4, -0.2) is 23.0 Å². The van der Waals surface area contributed by atoms with E-state index in [9.17, 15) is 9.59 Å². The van der Waals surface area contributed by atoms with Gasteiger partial charge in [-0.25, -0.2) is 0 Å². The highest BCUT2D eigenvalue weighted by atomic mass is 16.3. The number of allylic oxidation sites excluding steroid dienone is 1. The molecule has 1 saturated heterocycles. The van der Waals surface area contributed by atoms with Crippen molar-refractivity contribution in [1.82, 2.24) is 5.32 Å². The zero-order valence-corrected chi connectivity index (χ0v) is 7.54. The number of rotatable bonds is 3. The maximum Gasteiger partial charge on any atom is 0.253 e. The normalized spacial score (nSPS) is 22.2. The zero-order chi connectivity index (χ0) is 9.84. The largest absolute Gasteiger partial charge is 0.393 e. The van der Waals surface area contributed by atoms with Crippen molar-refractivity contribution in [2.75, 3.05) is 0 Å². The van der Waals surface area contributed by atoms with Gasteiger partial charge in [0, 0.05) is 5.57 Å². The summed E-state index contributed by atoms with van der Waals surface area (Å²) in [6.45, 7) is 1.69. The van der Waals surface area contributed by atoms with E-state index in [1.807, 2.05) is 0 Å². The van der Waals surface area contributed by atoms with Crippen LogP contribution in [0.1, 0.15) is 26.2 Å². The number of imide groups is 1. The zero-order valence-electron chi connectivity index (χ0n) is 7.54. The second kappa shape index (κ2) is 4.18. The van der Waals surface area contributed by atoms with Gasteiger partial charge in [0.25, 0.3) is 5.91 Å². The Hall–Kier alpha value is -1.16. The Labute approximate surface area is 76.6 Å². The molecule has 0 aliphatic carbocycles. The summed E-state index contributed by atoms with van der Waals surface area (Å²) < 4.78 is 0. The Bertz CT molecular complexity index is 256. The minimum atomic E-state index is -0.364. The number of nitrogens with one attached hydrogen (secondary N) is 1. The molecule has 1 heterocycles. The summed E-state index contributed by atoms with van der Waals surface area (Å²) in [6.07, 6.45) is 2.78. The number of aliphatic hydroxyl groups excluding tert-OH is 1. The molecule has 2 amide bonds. The number of carbonyl (C=O) groups excluding carboxylic acids is 2. The van der Waals surface area contributed by atoms with E-state index in [0.29, 0.717) is 18.4 Å². The van der Waals surface area contributed by atoms with Crippen molar-refractivity contribution >= 4 is 11.8 Å². The Morgan fingerprint density at radius 2 is 2.31 bits per heavy atom. The monoisotopic (exact) mass is 183 g/mol. The topological polar surface area (TPSA) is 66.4 Å². The van der Waals surface area contributed by atoms with Gasteiger partial charge in [0.15, 0.2) is 0 Å². The first-order valence-electron chi connectivity index (χ1n) is 4.31. The third-order valence-electron chi connectivity index (χ3n) is 1.87. The lowest BCUT2D eigenvalue weighted by molar-refractivity contribution is -0.124. The van der Waals surface area contributed by atoms with Crippen molar-refractivity contribution in [2.45, 2.75) is 32.3 Å². The van der Waals surface area contributed by atoms with Crippen LogP contribution in [0.25, 0.3) is 0 Å². The second-order valence-electron chi connectivity index (χ2n) is 3.21. The third kappa shape index (κ3) is 2.99. The fraction of sp³-hybridized carbons (Fsp3) is 0.556. The van der Waals surface area contributed by atoms with Crippen molar-refractivity contribution in [3.63, 3.8) is 0 Å². The SMILES string of the molecule is CC(O)CC/C=C1\CC(=O)NC1=O. The molecule has 13 heavy (non-hydrogen) atoms. The quantitative estimate of drug-likeness (QED) is 0.482. The summed E-state index contributed by atoms with van der Waals surface area (Å²) in [6, 6.07) is 0. The summed E-state index contributed by atoms with van der Waals surface area (Å²) in [7, 11) is 0. The number of hydrogen-bond donors (Lipinski definition) is 2. The van der Waals surface area contributed by atoms with Crippen LogP contribution in [0, 0.1) is 0 Å². The van der Waals surface area contributed by atoms with E-state index in [-0.39, 0.29) is 24.3 Å². The molecule has 1 unspecified atom stereocenters. The van der Waals surface area contributed by atoms with Crippen LogP contribution < -0.4 is 5.32 Å². The minimum Gasteiger partial charge on any atom is -0.393 e. The fourth-order valence-corrected chi connectivity index (χ4v) is 1.17. The molecule has 0 spiro atoms. The maximum atomic E-state index is 11.0. The standard InChI is InChI=1S/C9H13NO3/c1-6(11)3-2-4-7-5-8(12)10-9(7)13/h4,6,11H,2-3,5H2,1H3,(H,10,12,13)/b7-4+. The Morgan fingerprint density at radius 3 is 2.77 bits per heavy atom. The van der Waals surface area contributed by atoms with Gasteiger partial charge in [0.2, 0.25) is 5.91 Å². The summed E-state index contributed by atoms with van der Waals surface area (Å²) in [4.78, 5) is 21.7. The molecule has 0 aromatic rings. The second-order valence-corrected chi connectivity index (χ2v) is 3.21. The molecule has 4 nitrogen and oxygen atoms in total. The van der Waals surface area contributed by atoms with Crippen molar-refractivity contribution in [3.8, 4) is 0 Å². The van der Waals surface area contributed by atoms with Crippen LogP contribution >= 0.6 is 0 Å². The summed E-state index contributed by atoms with van der Waals surface area (Å²) in [5.41, 5.74) is 0.519. The summed E-state index contributed by atoms with van der Waals surface area (Å²) in [5.74, 6) is -0.538. The van der Waals surface area contributed by atoms with Gasteiger partial charge in [-0.05, 0) is 19.8 Å². The molecule has 1 atom stereocenters. The third-order valence-corrected chi connectivity index (χ3v) is 1.87. The van der Waals surface area contributed by atoms with Gasteiger partial charge in [-0.15, -0.1) is 0 Å². The van der Waals surface area contributed by atoms with Crippen LogP contribution in [-0.2, 0) is 9.59 Å². The van der Waals surface area contributed by atoms with E-state index in [4.69, 9.17) is 5.11 Å². The van der Waals surface area contributed by atoms with Gasteiger partial charge < -0.3 is 5.11 Å². The van der Waals surface area contributed by atoms with Crippen LogP contribution in [0.15, 0.2) is 11.6 Å². The first kappa shape index (κ1) is 9.92. The van der Waals surface area contributed by atoms with E-state index >= 15 is 0 Å². The van der Waals surface area contributed by atoms with Gasteiger partial charge in [-0.1, -0.05) is 6.08 Å².